The number of anilines is 1. The summed E-state index contributed by atoms with van der Waals surface area (Å²) < 4.78 is 5.23. The molecule has 1 amide bonds. The quantitative estimate of drug-likeness (QED) is 0.832. The van der Waals surface area contributed by atoms with Crippen molar-refractivity contribution < 1.29 is 19.4 Å². The van der Waals surface area contributed by atoms with E-state index < -0.39 is 12.0 Å². The summed E-state index contributed by atoms with van der Waals surface area (Å²) in [5.41, 5.74) is 0.709. The monoisotopic (exact) mass is 340 g/mol. The summed E-state index contributed by atoms with van der Waals surface area (Å²) in [5, 5.41) is 12.9. The van der Waals surface area contributed by atoms with Crippen molar-refractivity contribution in [1.29, 1.82) is 0 Å². The van der Waals surface area contributed by atoms with Gasteiger partial charge in [0.1, 0.15) is 11.8 Å². The normalized spacial score (nSPS) is 17.7. The Kier molecular flexibility index (Phi) is 6.10. The molecular weight excluding hydrogens is 320 g/mol. The predicted octanol–water partition coefficient (Wildman–Crippen LogP) is 2.62. The third-order valence-electron chi connectivity index (χ3n) is 3.92. The average molecular weight is 341 g/mol. The number of rotatable bonds is 6. The standard InChI is InChI=1S/C16H21ClN2O4/c1-23-14-6-5-11(17)10-12(14)18-8-7-15(20)19-9-3-2-4-13(19)16(21)22/h5-6,10,13,18H,2-4,7-9H2,1H3,(H,21,22)/t13-/m1/s1. The van der Waals surface area contributed by atoms with Gasteiger partial charge in [0.25, 0.3) is 0 Å². The summed E-state index contributed by atoms with van der Waals surface area (Å²) in [6.07, 6.45) is 2.44. The zero-order valence-electron chi connectivity index (χ0n) is 13.0. The van der Waals surface area contributed by atoms with Crippen LogP contribution in [0.2, 0.25) is 5.02 Å². The highest BCUT2D eigenvalue weighted by Gasteiger charge is 2.31. The van der Waals surface area contributed by atoms with Crippen LogP contribution in [-0.4, -0.2) is 48.1 Å². The lowest BCUT2D eigenvalue weighted by atomic mass is 10.0. The number of nitrogens with one attached hydrogen (secondary N) is 1. The molecule has 0 radical (unpaired) electrons. The third kappa shape index (κ3) is 4.51. The van der Waals surface area contributed by atoms with Crippen LogP contribution in [0.3, 0.4) is 0 Å². The van der Waals surface area contributed by atoms with Crippen molar-refractivity contribution in [3.8, 4) is 5.75 Å². The number of halogens is 1. The van der Waals surface area contributed by atoms with E-state index in [1.54, 1.807) is 25.3 Å². The summed E-state index contributed by atoms with van der Waals surface area (Å²) >= 11 is 5.95. The highest BCUT2D eigenvalue weighted by Crippen LogP contribution is 2.27. The number of carboxylic acids is 1. The number of carbonyl (C=O) groups is 2. The Hall–Kier alpha value is -1.95. The number of hydrogen-bond acceptors (Lipinski definition) is 4. The van der Waals surface area contributed by atoms with Crippen LogP contribution in [0.1, 0.15) is 25.7 Å². The minimum Gasteiger partial charge on any atom is -0.495 e. The Morgan fingerprint density at radius 2 is 2.22 bits per heavy atom. The highest BCUT2D eigenvalue weighted by atomic mass is 35.5. The molecule has 126 valence electrons. The van der Waals surface area contributed by atoms with Crippen molar-refractivity contribution in [2.24, 2.45) is 0 Å². The summed E-state index contributed by atoms with van der Waals surface area (Å²) in [5.74, 6) is -0.434. The van der Waals surface area contributed by atoms with Crippen LogP contribution < -0.4 is 10.1 Å². The van der Waals surface area contributed by atoms with Crippen molar-refractivity contribution >= 4 is 29.2 Å². The Balaban J connectivity index is 1.91. The number of piperidine rings is 1. The first-order chi connectivity index (χ1) is 11.0. The van der Waals surface area contributed by atoms with Crippen molar-refractivity contribution in [3.05, 3.63) is 23.2 Å². The molecule has 0 bridgehead atoms. The van der Waals surface area contributed by atoms with E-state index >= 15 is 0 Å². The van der Waals surface area contributed by atoms with Crippen molar-refractivity contribution in [2.75, 3.05) is 25.5 Å². The van der Waals surface area contributed by atoms with Crippen molar-refractivity contribution in [3.63, 3.8) is 0 Å². The number of ether oxygens (including phenoxy) is 1. The molecule has 1 heterocycles. The number of nitrogens with zero attached hydrogens (tertiary/aromatic N) is 1. The van der Waals surface area contributed by atoms with Crippen LogP contribution in [0.5, 0.6) is 5.75 Å². The van der Waals surface area contributed by atoms with E-state index in [-0.39, 0.29) is 12.3 Å². The van der Waals surface area contributed by atoms with E-state index in [0.717, 1.165) is 12.8 Å². The number of methoxy groups -OCH3 is 1. The van der Waals surface area contributed by atoms with Gasteiger partial charge in [-0.25, -0.2) is 4.79 Å². The minimum atomic E-state index is -0.928. The van der Waals surface area contributed by atoms with E-state index in [2.05, 4.69) is 5.32 Å². The molecule has 7 heteroatoms. The van der Waals surface area contributed by atoms with E-state index in [4.69, 9.17) is 16.3 Å². The van der Waals surface area contributed by atoms with Crippen molar-refractivity contribution in [2.45, 2.75) is 31.7 Å². The molecule has 23 heavy (non-hydrogen) atoms. The highest BCUT2D eigenvalue weighted by molar-refractivity contribution is 6.30. The third-order valence-corrected chi connectivity index (χ3v) is 4.16. The van der Waals surface area contributed by atoms with Gasteiger partial charge in [0.2, 0.25) is 5.91 Å². The molecule has 0 spiro atoms. The zero-order valence-corrected chi connectivity index (χ0v) is 13.8. The molecule has 2 rings (SSSR count). The largest absolute Gasteiger partial charge is 0.495 e. The molecule has 1 aromatic carbocycles. The van der Waals surface area contributed by atoms with Crippen LogP contribution >= 0.6 is 11.6 Å². The second kappa shape index (κ2) is 8.06. The van der Waals surface area contributed by atoms with Gasteiger partial charge < -0.3 is 20.1 Å². The second-order valence-electron chi connectivity index (χ2n) is 5.46. The Morgan fingerprint density at radius 1 is 1.43 bits per heavy atom. The van der Waals surface area contributed by atoms with Gasteiger partial charge in [-0.2, -0.15) is 0 Å². The minimum absolute atomic E-state index is 0.148. The topological polar surface area (TPSA) is 78.9 Å². The molecule has 0 unspecified atom stereocenters. The SMILES string of the molecule is COc1ccc(Cl)cc1NCCC(=O)N1CCCC[C@@H]1C(=O)O. The summed E-state index contributed by atoms with van der Waals surface area (Å²) in [6, 6.07) is 4.50. The molecule has 6 nitrogen and oxygen atoms in total. The maximum absolute atomic E-state index is 12.3. The lowest BCUT2D eigenvalue weighted by Crippen LogP contribution is -2.48. The zero-order chi connectivity index (χ0) is 16.8. The maximum Gasteiger partial charge on any atom is 0.326 e. The van der Waals surface area contributed by atoms with Crippen LogP contribution in [0.25, 0.3) is 0 Å². The molecule has 1 saturated heterocycles. The first-order valence-corrected chi connectivity index (χ1v) is 8.00. The summed E-state index contributed by atoms with van der Waals surface area (Å²) in [4.78, 5) is 25.0. The van der Waals surface area contributed by atoms with Crippen LogP contribution in [0.4, 0.5) is 5.69 Å². The van der Waals surface area contributed by atoms with Gasteiger partial charge in [0.05, 0.1) is 12.8 Å². The second-order valence-corrected chi connectivity index (χ2v) is 5.89. The van der Waals surface area contributed by atoms with E-state index in [1.807, 2.05) is 0 Å². The molecule has 1 aliphatic rings. The molecular formula is C16H21ClN2O4. The van der Waals surface area contributed by atoms with Crippen LogP contribution in [0.15, 0.2) is 18.2 Å². The maximum atomic E-state index is 12.3. The number of likely N-dealkylation sites (tertiary alicyclic amines) is 1. The fourth-order valence-electron chi connectivity index (χ4n) is 2.75. The molecule has 2 N–H and O–H groups in total. The lowest BCUT2D eigenvalue weighted by molar-refractivity contribution is -0.151. The molecule has 1 aromatic rings. The first kappa shape index (κ1) is 17.4. The van der Waals surface area contributed by atoms with Gasteiger partial charge in [-0.05, 0) is 37.5 Å². The average Bonchev–Trinajstić information content (AvgIpc) is 2.55. The number of hydrogen-bond donors (Lipinski definition) is 2. The number of amides is 1. The van der Waals surface area contributed by atoms with Crippen LogP contribution in [-0.2, 0) is 9.59 Å². The molecule has 1 atom stereocenters. The predicted molar refractivity (Wildman–Crippen MR) is 88.1 cm³/mol. The number of aliphatic carboxylic acids is 1. The number of benzene rings is 1. The number of carboxylic acid groups (broad SMARTS) is 1. The van der Waals surface area contributed by atoms with Gasteiger partial charge in [-0.1, -0.05) is 11.6 Å². The Bertz CT molecular complexity index is 579. The lowest BCUT2D eigenvalue weighted by Gasteiger charge is -2.33. The summed E-state index contributed by atoms with van der Waals surface area (Å²) in [6.45, 7) is 0.897. The fraction of sp³-hybridized carbons (Fsp3) is 0.500. The Labute approximate surface area is 140 Å². The molecule has 1 fully saturated rings. The fourth-order valence-corrected chi connectivity index (χ4v) is 2.92. The molecule has 0 aliphatic carbocycles. The Morgan fingerprint density at radius 3 is 2.91 bits per heavy atom. The summed E-state index contributed by atoms with van der Waals surface area (Å²) in [7, 11) is 1.56. The van der Waals surface area contributed by atoms with Gasteiger partial charge in [-0.3, -0.25) is 4.79 Å². The number of carbonyl (C=O) groups excluding carboxylic acids is 1. The van der Waals surface area contributed by atoms with Crippen LogP contribution in [0, 0.1) is 0 Å². The van der Waals surface area contributed by atoms with Gasteiger partial charge >= 0.3 is 5.97 Å². The van der Waals surface area contributed by atoms with Gasteiger partial charge in [-0.15, -0.1) is 0 Å². The van der Waals surface area contributed by atoms with E-state index in [1.165, 1.54) is 4.90 Å². The van der Waals surface area contributed by atoms with Gasteiger partial charge in [0, 0.05) is 24.5 Å². The smallest absolute Gasteiger partial charge is 0.326 e. The van der Waals surface area contributed by atoms with E-state index in [9.17, 15) is 14.7 Å². The molecule has 1 aliphatic heterocycles. The first-order valence-electron chi connectivity index (χ1n) is 7.62. The molecule has 0 aromatic heterocycles. The van der Waals surface area contributed by atoms with E-state index in [0.29, 0.717) is 36.0 Å². The molecule has 0 saturated carbocycles. The van der Waals surface area contributed by atoms with Gasteiger partial charge in [0.15, 0.2) is 0 Å². The van der Waals surface area contributed by atoms with Crippen molar-refractivity contribution in [1.82, 2.24) is 4.90 Å².